The Morgan fingerprint density at radius 3 is 2.36 bits per heavy atom. The smallest absolute Gasteiger partial charge is 0.311 e. The lowest BCUT2D eigenvalue weighted by Gasteiger charge is -2.03. The second-order valence-electron chi connectivity index (χ2n) is 3.22. The maximum Gasteiger partial charge on any atom is 0.311 e. The summed E-state index contributed by atoms with van der Waals surface area (Å²) in [6.45, 7) is 4.06. The Bertz CT molecular complexity index is 288. The van der Waals surface area contributed by atoms with Crippen molar-refractivity contribution >= 4 is 5.97 Å². The molecular weight excluding hydrogens is 176 g/mol. The van der Waals surface area contributed by atoms with Gasteiger partial charge < -0.3 is 4.74 Å². The summed E-state index contributed by atoms with van der Waals surface area (Å²) in [5, 5.41) is 0. The number of rotatable bonds is 4. The van der Waals surface area contributed by atoms with E-state index in [1.807, 2.05) is 31.2 Å². The molecule has 0 saturated heterocycles. The predicted molar refractivity (Wildman–Crippen MR) is 56.4 cm³/mol. The molecule has 2 nitrogen and oxygen atoms in total. The van der Waals surface area contributed by atoms with Gasteiger partial charge in [-0.2, -0.15) is 0 Å². The molecule has 1 aromatic rings. The molecule has 0 aliphatic rings. The first kappa shape index (κ1) is 10.8. The molecule has 0 unspecified atom stereocenters. The van der Waals surface area contributed by atoms with Gasteiger partial charge in [0.05, 0.1) is 0 Å². The standard InChI is InChI=1S/C12H16O2/c1-3-5-12(13)14-11-8-6-10(4-2)7-9-11/h6-9H,3-5H2,1-2H3. The number of carbonyl (C=O) groups excluding carboxylic acids is 1. The van der Waals surface area contributed by atoms with E-state index >= 15 is 0 Å². The fraction of sp³-hybridized carbons (Fsp3) is 0.417. The summed E-state index contributed by atoms with van der Waals surface area (Å²) >= 11 is 0. The van der Waals surface area contributed by atoms with Gasteiger partial charge in [0, 0.05) is 6.42 Å². The fourth-order valence-electron chi connectivity index (χ4n) is 1.18. The van der Waals surface area contributed by atoms with Crippen LogP contribution >= 0.6 is 0 Å². The van der Waals surface area contributed by atoms with Crippen LogP contribution in [-0.2, 0) is 11.2 Å². The first-order valence-corrected chi connectivity index (χ1v) is 5.06. The molecule has 2 heteroatoms. The number of benzene rings is 1. The number of carbonyl (C=O) groups is 1. The summed E-state index contributed by atoms with van der Waals surface area (Å²) in [6.07, 6.45) is 2.31. The Hall–Kier alpha value is -1.31. The highest BCUT2D eigenvalue weighted by Crippen LogP contribution is 2.13. The molecule has 1 rings (SSSR count). The van der Waals surface area contributed by atoms with E-state index in [2.05, 4.69) is 6.92 Å². The second kappa shape index (κ2) is 5.43. The number of esters is 1. The summed E-state index contributed by atoms with van der Waals surface area (Å²) in [7, 11) is 0. The molecule has 0 heterocycles. The molecule has 0 spiro atoms. The molecule has 0 aliphatic heterocycles. The van der Waals surface area contributed by atoms with Crippen molar-refractivity contribution in [2.24, 2.45) is 0 Å². The van der Waals surface area contributed by atoms with Gasteiger partial charge in [0.15, 0.2) is 0 Å². The molecule has 0 saturated carbocycles. The van der Waals surface area contributed by atoms with Crippen molar-refractivity contribution in [3.8, 4) is 5.75 Å². The van der Waals surface area contributed by atoms with Gasteiger partial charge in [-0.05, 0) is 30.5 Å². The lowest BCUT2D eigenvalue weighted by Crippen LogP contribution is -2.06. The molecule has 1 aromatic carbocycles. The highest BCUT2D eigenvalue weighted by atomic mass is 16.5. The van der Waals surface area contributed by atoms with E-state index in [4.69, 9.17) is 4.74 Å². The lowest BCUT2D eigenvalue weighted by molar-refractivity contribution is -0.134. The highest BCUT2D eigenvalue weighted by Gasteiger charge is 2.02. The minimum Gasteiger partial charge on any atom is -0.427 e. The van der Waals surface area contributed by atoms with E-state index in [1.54, 1.807) is 0 Å². The summed E-state index contributed by atoms with van der Waals surface area (Å²) in [4.78, 5) is 11.1. The molecular formula is C12H16O2. The van der Waals surface area contributed by atoms with Gasteiger partial charge in [0.2, 0.25) is 0 Å². The molecule has 0 bridgehead atoms. The average molecular weight is 192 g/mol. The van der Waals surface area contributed by atoms with E-state index in [9.17, 15) is 4.79 Å². The van der Waals surface area contributed by atoms with E-state index in [1.165, 1.54) is 5.56 Å². The third-order valence-electron chi connectivity index (χ3n) is 2.02. The molecule has 0 aromatic heterocycles. The molecule has 0 aliphatic carbocycles. The van der Waals surface area contributed by atoms with Gasteiger partial charge in [-0.3, -0.25) is 4.79 Å². The van der Waals surface area contributed by atoms with Crippen molar-refractivity contribution in [2.45, 2.75) is 33.1 Å². The van der Waals surface area contributed by atoms with Crippen LogP contribution in [0.25, 0.3) is 0 Å². The molecule has 0 amide bonds. The SMILES string of the molecule is CCCC(=O)Oc1ccc(CC)cc1. The zero-order chi connectivity index (χ0) is 10.4. The van der Waals surface area contributed by atoms with Crippen LogP contribution in [0.1, 0.15) is 32.3 Å². The number of ether oxygens (including phenoxy) is 1. The zero-order valence-corrected chi connectivity index (χ0v) is 8.75. The van der Waals surface area contributed by atoms with Crippen LogP contribution in [0.5, 0.6) is 5.75 Å². The molecule has 0 radical (unpaired) electrons. The number of aryl methyl sites for hydroxylation is 1. The normalized spacial score (nSPS) is 9.86. The maximum absolute atomic E-state index is 11.1. The Balaban J connectivity index is 2.55. The third-order valence-corrected chi connectivity index (χ3v) is 2.02. The minimum atomic E-state index is -0.156. The van der Waals surface area contributed by atoms with Crippen molar-refractivity contribution in [3.05, 3.63) is 29.8 Å². The summed E-state index contributed by atoms with van der Waals surface area (Å²) in [5.74, 6) is 0.484. The van der Waals surface area contributed by atoms with E-state index in [0.717, 1.165) is 12.8 Å². The highest BCUT2D eigenvalue weighted by molar-refractivity contribution is 5.72. The number of hydrogen-bond acceptors (Lipinski definition) is 2. The van der Waals surface area contributed by atoms with Crippen molar-refractivity contribution in [2.75, 3.05) is 0 Å². The van der Waals surface area contributed by atoms with Crippen molar-refractivity contribution in [1.29, 1.82) is 0 Å². The minimum absolute atomic E-state index is 0.156. The van der Waals surface area contributed by atoms with Crippen LogP contribution in [-0.4, -0.2) is 5.97 Å². The van der Waals surface area contributed by atoms with Gasteiger partial charge in [-0.15, -0.1) is 0 Å². The Morgan fingerprint density at radius 1 is 1.21 bits per heavy atom. The van der Waals surface area contributed by atoms with Crippen molar-refractivity contribution < 1.29 is 9.53 Å². The van der Waals surface area contributed by atoms with Gasteiger partial charge in [-0.25, -0.2) is 0 Å². The Kier molecular flexibility index (Phi) is 4.17. The van der Waals surface area contributed by atoms with Crippen LogP contribution in [0, 0.1) is 0 Å². The first-order valence-electron chi connectivity index (χ1n) is 5.06. The van der Waals surface area contributed by atoms with Crippen molar-refractivity contribution in [1.82, 2.24) is 0 Å². The maximum atomic E-state index is 11.1. The lowest BCUT2D eigenvalue weighted by atomic mass is 10.2. The molecule has 76 valence electrons. The van der Waals surface area contributed by atoms with E-state index < -0.39 is 0 Å². The van der Waals surface area contributed by atoms with Gasteiger partial charge in [0.1, 0.15) is 5.75 Å². The largest absolute Gasteiger partial charge is 0.427 e. The molecule has 0 atom stereocenters. The Labute approximate surface area is 84.9 Å². The quantitative estimate of drug-likeness (QED) is 0.541. The van der Waals surface area contributed by atoms with Crippen LogP contribution < -0.4 is 4.74 Å². The molecule has 0 fully saturated rings. The second-order valence-corrected chi connectivity index (χ2v) is 3.22. The van der Waals surface area contributed by atoms with E-state index in [0.29, 0.717) is 12.2 Å². The third kappa shape index (κ3) is 3.21. The molecule has 14 heavy (non-hydrogen) atoms. The average Bonchev–Trinajstić information content (AvgIpc) is 2.19. The van der Waals surface area contributed by atoms with Crippen LogP contribution in [0.2, 0.25) is 0 Å². The van der Waals surface area contributed by atoms with Crippen LogP contribution in [0.3, 0.4) is 0 Å². The Morgan fingerprint density at radius 2 is 1.86 bits per heavy atom. The van der Waals surface area contributed by atoms with E-state index in [-0.39, 0.29) is 5.97 Å². The van der Waals surface area contributed by atoms with Crippen molar-refractivity contribution in [3.63, 3.8) is 0 Å². The van der Waals surface area contributed by atoms with Crippen LogP contribution in [0.15, 0.2) is 24.3 Å². The zero-order valence-electron chi connectivity index (χ0n) is 8.75. The fourth-order valence-corrected chi connectivity index (χ4v) is 1.18. The van der Waals surface area contributed by atoms with Gasteiger partial charge >= 0.3 is 5.97 Å². The van der Waals surface area contributed by atoms with Gasteiger partial charge in [-0.1, -0.05) is 26.0 Å². The number of hydrogen-bond donors (Lipinski definition) is 0. The van der Waals surface area contributed by atoms with Gasteiger partial charge in [0.25, 0.3) is 0 Å². The first-order chi connectivity index (χ1) is 6.76. The topological polar surface area (TPSA) is 26.3 Å². The van der Waals surface area contributed by atoms with Crippen LogP contribution in [0.4, 0.5) is 0 Å². The molecule has 0 N–H and O–H groups in total. The summed E-state index contributed by atoms with van der Waals surface area (Å²) in [6, 6.07) is 7.64. The monoisotopic (exact) mass is 192 g/mol. The predicted octanol–water partition coefficient (Wildman–Crippen LogP) is 2.95. The summed E-state index contributed by atoms with van der Waals surface area (Å²) < 4.78 is 5.12. The summed E-state index contributed by atoms with van der Waals surface area (Å²) in [5.41, 5.74) is 1.25.